The molecule has 0 bridgehead atoms. The molecule has 0 spiro atoms. The fourth-order valence-corrected chi connectivity index (χ4v) is 1.88. The van der Waals surface area contributed by atoms with Crippen molar-refractivity contribution in [1.82, 2.24) is 0 Å². The molecule has 92 valence electrons. The van der Waals surface area contributed by atoms with Crippen molar-refractivity contribution in [2.45, 2.75) is 30.9 Å². The van der Waals surface area contributed by atoms with E-state index in [1.807, 2.05) is 6.07 Å². The molecule has 1 fully saturated rings. The number of carbonyl (C=O) groups is 1. The number of hydrogen-bond acceptors (Lipinski definition) is 3. The van der Waals surface area contributed by atoms with Gasteiger partial charge in [0.05, 0.1) is 0 Å². The van der Waals surface area contributed by atoms with Crippen LogP contribution in [0.4, 0.5) is 8.78 Å². The first-order valence-corrected chi connectivity index (χ1v) is 5.29. The lowest BCUT2D eigenvalue weighted by atomic mass is 9.74. The van der Waals surface area contributed by atoms with Crippen LogP contribution in [0.3, 0.4) is 0 Å². The average molecular weight is 241 g/mol. The molecule has 0 radical (unpaired) electrons. The molecular weight excluding hydrogens is 228 g/mol. The van der Waals surface area contributed by atoms with Crippen molar-refractivity contribution >= 4 is 5.97 Å². The van der Waals surface area contributed by atoms with E-state index in [4.69, 9.17) is 10.5 Å². The number of rotatable bonds is 3. The monoisotopic (exact) mass is 241 g/mol. The Morgan fingerprint density at radius 1 is 1.29 bits per heavy atom. The Labute approximate surface area is 97.6 Å². The smallest absolute Gasteiger partial charge is 0.326 e. The zero-order valence-corrected chi connectivity index (χ0v) is 9.16. The van der Waals surface area contributed by atoms with E-state index in [-0.39, 0.29) is 6.61 Å². The Morgan fingerprint density at radius 3 is 2.41 bits per heavy atom. The third-order valence-electron chi connectivity index (χ3n) is 2.77. The molecule has 0 heterocycles. The van der Waals surface area contributed by atoms with Crippen LogP contribution in [0.25, 0.3) is 0 Å². The second-order valence-corrected chi connectivity index (χ2v) is 4.43. The molecule has 1 aromatic rings. The van der Waals surface area contributed by atoms with Crippen LogP contribution in [-0.2, 0) is 16.1 Å². The van der Waals surface area contributed by atoms with E-state index in [1.54, 1.807) is 24.3 Å². The van der Waals surface area contributed by atoms with Crippen LogP contribution in [0, 0.1) is 0 Å². The quantitative estimate of drug-likeness (QED) is 0.822. The molecule has 1 aromatic carbocycles. The summed E-state index contributed by atoms with van der Waals surface area (Å²) >= 11 is 0. The minimum absolute atomic E-state index is 0.0597. The largest absolute Gasteiger partial charge is 0.459 e. The Morgan fingerprint density at radius 2 is 1.88 bits per heavy atom. The van der Waals surface area contributed by atoms with Crippen LogP contribution in [0.1, 0.15) is 18.4 Å². The second kappa shape index (κ2) is 4.07. The van der Waals surface area contributed by atoms with Crippen molar-refractivity contribution in [1.29, 1.82) is 0 Å². The van der Waals surface area contributed by atoms with Gasteiger partial charge in [-0.15, -0.1) is 0 Å². The highest BCUT2D eigenvalue weighted by Crippen LogP contribution is 2.44. The summed E-state index contributed by atoms with van der Waals surface area (Å²) < 4.78 is 30.3. The van der Waals surface area contributed by atoms with Gasteiger partial charge in [0.1, 0.15) is 12.1 Å². The summed E-state index contributed by atoms with van der Waals surface area (Å²) in [5.74, 6) is -3.59. The van der Waals surface area contributed by atoms with Gasteiger partial charge in [0.2, 0.25) is 0 Å². The van der Waals surface area contributed by atoms with E-state index in [9.17, 15) is 13.6 Å². The number of nitrogens with two attached hydrogens (primary N) is 1. The third-order valence-corrected chi connectivity index (χ3v) is 2.77. The van der Waals surface area contributed by atoms with E-state index < -0.39 is 30.3 Å². The van der Waals surface area contributed by atoms with Crippen molar-refractivity contribution in [3.8, 4) is 0 Å². The predicted molar refractivity (Wildman–Crippen MR) is 57.3 cm³/mol. The SMILES string of the molecule is NC1(C(=O)OCc2ccccc2)CC(F)(F)C1. The number of alkyl halides is 2. The normalized spacial score (nSPS) is 20.4. The third kappa shape index (κ3) is 2.61. The number of halogens is 2. The van der Waals surface area contributed by atoms with Crippen LogP contribution in [0.2, 0.25) is 0 Å². The van der Waals surface area contributed by atoms with E-state index in [1.165, 1.54) is 0 Å². The first-order valence-electron chi connectivity index (χ1n) is 5.29. The summed E-state index contributed by atoms with van der Waals surface area (Å²) in [4.78, 5) is 11.5. The lowest BCUT2D eigenvalue weighted by Gasteiger charge is -2.41. The fourth-order valence-electron chi connectivity index (χ4n) is 1.88. The zero-order valence-electron chi connectivity index (χ0n) is 9.16. The molecule has 5 heteroatoms. The van der Waals surface area contributed by atoms with Gasteiger partial charge >= 0.3 is 5.97 Å². The fraction of sp³-hybridized carbons (Fsp3) is 0.417. The Hall–Kier alpha value is -1.49. The van der Waals surface area contributed by atoms with Crippen LogP contribution < -0.4 is 5.73 Å². The number of hydrogen-bond donors (Lipinski definition) is 1. The summed E-state index contributed by atoms with van der Waals surface area (Å²) in [6, 6.07) is 9.01. The minimum Gasteiger partial charge on any atom is -0.459 e. The highest BCUT2D eigenvalue weighted by atomic mass is 19.3. The zero-order chi connectivity index (χ0) is 12.5. The van der Waals surface area contributed by atoms with E-state index in [0.717, 1.165) is 5.56 Å². The highest BCUT2D eigenvalue weighted by Gasteiger charge is 2.59. The molecule has 1 aliphatic carbocycles. The Balaban J connectivity index is 1.87. The van der Waals surface area contributed by atoms with Gasteiger partial charge in [0, 0.05) is 12.8 Å². The summed E-state index contributed by atoms with van der Waals surface area (Å²) in [5, 5.41) is 0. The van der Waals surface area contributed by atoms with Gasteiger partial charge in [-0.1, -0.05) is 30.3 Å². The summed E-state index contributed by atoms with van der Waals surface area (Å²) in [5.41, 5.74) is 4.82. The van der Waals surface area contributed by atoms with Crippen molar-refractivity contribution in [2.24, 2.45) is 5.73 Å². The van der Waals surface area contributed by atoms with Gasteiger partial charge in [-0.05, 0) is 5.56 Å². The summed E-state index contributed by atoms with van der Waals surface area (Å²) in [6.07, 6.45) is -1.26. The van der Waals surface area contributed by atoms with Crippen molar-refractivity contribution in [3.05, 3.63) is 35.9 Å². The molecule has 0 unspecified atom stereocenters. The van der Waals surface area contributed by atoms with Gasteiger partial charge in [0.25, 0.3) is 5.92 Å². The molecule has 3 nitrogen and oxygen atoms in total. The van der Waals surface area contributed by atoms with Crippen molar-refractivity contribution < 1.29 is 18.3 Å². The van der Waals surface area contributed by atoms with E-state index in [0.29, 0.717) is 0 Å². The molecule has 0 aliphatic heterocycles. The summed E-state index contributed by atoms with van der Waals surface area (Å²) in [6.45, 7) is 0.0597. The molecule has 0 saturated heterocycles. The molecule has 1 saturated carbocycles. The maximum Gasteiger partial charge on any atom is 0.326 e. The first-order chi connectivity index (χ1) is 7.91. The maximum atomic E-state index is 12.7. The van der Waals surface area contributed by atoms with Gasteiger partial charge in [0.15, 0.2) is 0 Å². The van der Waals surface area contributed by atoms with E-state index in [2.05, 4.69) is 0 Å². The molecule has 0 aromatic heterocycles. The van der Waals surface area contributed by atoms with Crippen LogP contribution in [0.5, 0.6) is 0 Å². The minimum atomic E-state index is -2.83. The van der Waals surface area contributed by atoms with E-state index >= 15 is 0 Å². The van der Waals surface area contributed by atoms with Gasteiger partial charge in [-0.25, -0.2) is 8.78 Å². The molecule has 17 heavy (non-hydrogen) atoms. The van der Waals surface area contributed by atoms with Gasteiger partial charge in [-0.3, -0.25) is 4.79 Å². The molecule has 0 amide bonds. The average Bonchev–Trinajstić information content (AvgIpc) is 2.24. The number of benzene rings is 1. The lowest BCUT2D eigenvalue weighted by Crippen LogP contribution is -2.63. The first kappa shape index (κ1) is 12.0. The number of esters is 1. The number of ether oxygens (including phenoxy) is 1. The molecule has 2 N–H and O–H groups in total. The topological polar surface area (TPSA) is 52.3 Å². The van der Waals surface area contributed by atoms with Crippen LogP contribution in [0.15, 0.2) is 30.3 Å². The molecule has 2 rings (SSSR count). The molecule has 1 aliphatic rings. The van der Waals surface area contributed by atoms with Gasteiger partial charge < -0.3 is 10.5 Å². The van der Waals surface area contributed by atoms with Crippen molar-refractivity contribution in [2.75, 3.05) is 0 Å². The number of carbonyl (C=O) groups excluding carboxylic acids is 1. The summed E-state index contributed by atoms with van der Waals surface area (Å²) in [7, 11) is 0. The molecular formula is C12H13F2NO2. The van der Waals surface area contributed by atoms with Crippen LogP contribution >= 0.6 is 0 Å². The highest BCUT2D eigenvalue weighted by molar-refractivity contribution is 5.82. The standard InChI is InChI=1S/C12H13F2NO2/c13-12(14)7-11(15,8-12)10(16)17-6-9-4-2-1-3-5-9/h1-5H,6-8,15H2. The Bertz CT molecular complexity index is 412. The predicted octanol–water partition coefficient (Wildman–Crippen LogP) is 1.86. The molecule has 0 atom stereocenters. The lowest BCUT2D eigenvalue weighted by molar-refractivity contribution is -0.178. The Kier molecular flexibility index (Phi) is 2.87. The van der Waals surface area contributed by atoms with Crippen LogP contribution in [-0.4, -0.2) is 17.4 Å². The maximum absolute atomic E-state index is 12.7. The van der Waals surface area contributed by atoms with Crippen molar-refractivity contribution in [3.63, 3.8) is 0 Å². The second-order valence-electron chi connectivity index (χ2n) is 4.43. The van der Waals surface area contributed by atoms with Gasteiger partial charge in [-0.2, -0.15) is 0 Å².